The fourth-order valence-electron chi connectivity index (χ4n) is 1.05. The molecule has 12 heavy (non-hydrogen) atoms. The van der Waals surface area contributed by atoms with Crippen LogP contribution in [-0.2, 0) is 4.74 Å². The van der Waals surface area contributed by atoms with Crippen molar-refractivity contribution in [3.8, 4) is 0 Å². The third kappa shape index (κ3) is 1.62. The number of ether oxygens (including phenoxy) is 1. The molecular weight excluding hydrogens is 224 g/mol. The van der Waals surface area contributed by atoms with Gasteiger partial charge in [-0.2, -0.15) is 5.10 Å². The lowest BCUT2D eigenvalue weighted by atomic mass is 9.98. The molecule has 70 valence electrons. The first-order valence-corrected chi connectivity index (χ1v) is 4.63. The minimum absolute atomic E-state index is 0.0370. The lowest BCUT2D eigenvalue weighted by Crippen LogP contribution is -2.48. The van der Waals surface area contributed by atoms with Gasteiger partial charge in [-0.1, -0.05) is 15.9 Å². The SMILES string of the molecule is COCC1=NNC(C)(CO)C1Br. The number of aliphatic hydroxyl groups excluding tert-OH is 1. The van der Waals surface area contributed by atoms with Crippen molar-refractivity contribution in [3.05, 3.63) is 0 Å². The summed E-state index contributed by atoms with van der Waals surface area (Å²) in [6, 6.07) is 0. The Kier molecular flexibility index (Phi) is 3.09. The van der Waals surface area contributed by atoms with Gasteiger partial charge in [0.05, 0.1) is 29.3 Å². The molecule has 0 saturated carbocycles. The first-order chi connectivity index (χ1) is 5.64. The van der Waals surface area contributed by atoms with E-state index >= 15 is 0 Å². The van der Waals surface area contributed by atoms with Gasteiger partial charge in [0.2, 0.25) is 0 Å². The van der Waals surface area contributed by atoms with Gasteiger partial charge in [0, 0.05) is 7.11 Å². The van der Waals surface area contributed by atoms with E-state index in [-0.39, 0.29) is 11.4 Å². The summed E-state index contributed by atoms with van der Waals surface area (Å²) in [6.45, 7) is 2.43. The first kappa shape index (κ1) is 9.95. The minimum Gasteiger partial charge on any atom is -0.394 e. The van der Waals surface area contributed by atoms with E-state index in [2.05, 4.69) is 26.5 Å². The standard InChI is InChI=1S/C7H13BrN2O2/c1-7(4-11)6(8)5(3-12-2)9-10-7/h6,10-11H,3-4H2,1-2H3. The Morgan fingerprint density at radius 2 is 2.50 bits per heavy atom. The molecule has 0 aromatic heterocycles. The predicted octanol–water partition coefficient (Wildman–Crippen LogP) is 0.107. The number of hydrazone groups is 1. The molecule has 0 aromatic carbocycles. The van der Waals surface area contributed by atoms with Crippen molar-refractivity contribution in [1.29, 1.82) is 0 Å². The largest absolute Gasteiger partial charge is 0.394 e. The van der Waals surface area contributed by atoms with Crippen LogP contribution in [0.15, 0.2) is 5.10 Å². The van der Waals surface area contributed by atoms with E-state index in [9.17, 15) is 0 Å². The van der Waals surface area contributed by atoms with Gasteiger partial charge in [-0.25, -0.2) is 0 Å². The summed E-state index contributed by atoms with van der Waals surface area (Å²) < 4.78 is 4.95. The fraction of sp³-hybridized carbons (Fsp3) is 0.857. The van der Waals surface area contributed by atoms with E-state index in [1.807, 2.05) is 6.92 Å². The van der Waals surface area contributed by atoms with Gasteiger partial charge in [0.15, 0.2) is 0 Å². The maximum absolute atomic E-state index is 9.08. The number of halogens is 1. The zero-order valence-electron chi connectivity index (χ0n) is 7.17. The molecule has 2 unspecified atom stereocenters. The lowest BCUT2D eigenvalue weighted by molar-refractivity contribution is 0.193. The van der Waals surface area contributed by atoms with E-state index in [0.717, 1.165) is 5.71 Å². The number of nitrogens with zero attached hydrogens (tertiary/aromatic N) is 1. The van der Waals surface area contributed by atoms with Crippen molar-refractivity contribution in [3.63, 3.8) is 0 Å². The van der Waals surface area contributed by atoms with Crippen LogP contribution in [0, 0.1) is 0 Å². The van der Waals surface area contributed by atoms with E-state index in [4.69, 9.17) is 9.84 Å². The Balaban J connectivity index is 2.62. The molecule has 1 heterocycles. The molecular formula is C7H13BrN2O2. The third-order valence-electron chi connectivity index (χ3n) is 1.93. The van der Waals surface area contributed by atoms with Gasteiger partial charge in [0.25, 0.3) is 0 Å². The molecule has 0 fully saturated rings. The third-order valence-corrected chi connectivity index (χ3v) is 3.47. The van der Waals surface area contributed by atoms with Gasteiger partial charge in [-0.05, 0) is 6.92 Å². The van der Waals surface area contributed by atoms with Crippen LogP contribution in [0.5, 0.6) is 0 Å². The number of hydrogen-bond acceptors (Lipinski definition) is 4. The van der Waals surface area contributed by atoms with Crippen LogP contribution < -0.4 is 5.43 Å². The monoisotopic (exact) mass is 236 g/mol. The van der Waals surface area contributed by atoms with E-state index < -0.39 is 5.54 Å². The summed E-state index contributed by atoms with van der Waals surface area (Å²) in [5.74, 6) is 0. The van der Waals surface area contributed by atoms with Crippen LogP contribution in [0.1, 0.15) is 6.92 Å². The van der Waals surface area contributed by atoms with Crippen molar-refractivity contribution in [2.45, 2.75) is 17.3 Å². The molecule has 4 nitrogen and oxygen atoms in total. The quantitative estimate of drug-likeness (QED) is 0.685. The van der Waals surface area contributed by atoms with Gasteiger partial charge in [-0.15, -0.1) is 0 Å². The summed E-state index contributed by atoms with van der Waals surface area (Å²) in [7, 11) is 1.62. The molecule has 2 atom stereocenters. The van der Waals surface area contributed by atoms with Crippen LogP contribution in [0.2, 0.25) is 0 Å². The maximum Gasteiger partial charge on any atom is 0.0929 e. The average Bonchev–Trinajstić information content (AvgIpc) is 2.35. The molecule has 1 aliphatic heterocycles. The lowest BCUT2D eigenvalue weighted by Gasteiger charge is -2.25. The molecule has 0 aliphatic carbocycles. The van der Waals surface area contributed by atoms with Gasteiger partial charge >= 0.3 is 0 Å². The highest BCUT2D eigenvalue weighted by atomic mass is 79.9. The van der Waals surface area contributed by atoms with Crippen molar-refractivity contribution in [2.75, 3.05) is 20.3 Å². The molecule has 1 aliphatic rings. The number of alkyl halides is 1. The zero-order valence-corrected chi connectivity index (χ0v) is 8.76. The summed E-state index contributed by atoms with van der Waals surface area (Å²) in [4.78, 5) is 0.0370. The van der Waals surface area contributed by atoms with Crippen LogP contribution >= 0.6 is 15.9 Å². The van der Waals surface area contributed by atoms with Crippen LogP contribution in [0.4, 0.5) is 0 Å². The van der Waals surface area contributed by atoms with Gasteiger partial charge < -0.3 is 15.3 Å². The Labute approximate surface area is 80.1 Å². The smallest absolute Gasteiger partial charge is 0.0929 e. The molecule has 0 bridgehead atoms. The molecule has 5 heteroatoms. The van der Waals surface area contributed by atoms with Crippen LogP contribution in [0.25, 0.3) is 0 Å². The summed E-state index contributed by atoms with van der Waals surface area (Å²) in [5.41, 5.74) is 3.37. The van der Waals surface area contributed by atoms with E-state index in [0.29, 0.717) is 6.61 Å². The highest BCUT2D eigenvalue weighted by Crippen LogP contribution is 2.24. The normalized spacial score (nSPS) is 34.7. The Morgan fingerprint density at radius 3 is 2.92 bits per heavy atom. The van der Waals surface area contributed by atoms with Crippen molar-refractivity contribution in [1.82, 2.24) is 5.43 Å². The molecule has 0 aromatic rings. The summed E-state index contributed by atoms with van der Waals surface area (Å²) in [5, 5.41) is 13.1. The molecule has 0 spiro atoms. The first-order valence-electron chi connectivity index (χ1n) is 3.71. The average molecular weight is 237 g/mol. The van der Waals surface area contributed by atoms with Gasteiger partial charge in [0.1, 0.15) is 0 Å². The minimum atomic E-state index is -0.395. The second-order valence-corrected chi connectivity index (χ2v) is 4.00. The van der Waals surface area contributed by atoms with Crippen LogP contribution in [-0.4, -0.2) is 41.5 Å². The zero-order chi connectivity index (χ0) is 9.19. The topological polar surface area (TPSA) is 53.8 Å². The highest BCUT2D eigenvalue weighted by molar-refractivity contribution is 9.10. The summed E-state index contributed by atoms with van der Waals surface area (Å²) in [6.07, 6.45) is 0. The molecule has 0 amide bonds. The second kappa shape index (κ2) is 3.72. The molecule has 2 N–H and O–H groups in total. The predicted molar refractivity (Wildman–Crippen MR) is 50.7 cm³/mol. The number of nitrogens with one attached hydrogen (secondary N) is 1. The van der Waals surface area contributed by atoms with Crippen molar-refractivity contribution >= 4 is 21.6 Å². The Morgan fingerprint density at radius 1 is 1.83 bits per heavy atom. The van der Waals surface area contributed by atoms with Crippen molar-refractivity contribution in [2.24, 2.45) is 5.10 Å². The molecule has 0 radical (unpaired) electrons. The van der Waals surface area contributed by atoms with E-state index in [1.54, 1.807) is 7.11 Å². The highest BCUT2D eigenvalue weighted by Gasteiger charge is 2.39. The van der Waals surface area contributed by atoms with E-state index in [1.165, 1.54) is 0 Å². The Bertz CT molecular complexity index is 198. The fourth-order valence-corrected chi connectivity index (χ4v) is 1.53. The van der Waals surface area contributed by atoms with Gasteiger partial charge in [-0.3, -0.25) is 0 Å². The van der Waals surface area contributed by atoms with Crippen LogP contribution in [0.3, 0.4) is 0 Å². The maximum atomic E-state index is 9.08. The molecule has 1 rings (SSSR count). The number of aliphatic hydroxyl groups is 1. The summed E-state index contributed by atoms with van der Waals surface area (Å²) >= 11 is 3.46. The number of rotatable bonds is 3. The Hall–Kier alpha value is -0.130. The molecule has 0 saturated heterocycles. The second-order valence-electron chi connectivity index (χ2n) is 3.09. The number of hydrogen-bond donors (Lipinski definition) is 2. The number of methoxy groups -OCH3 is 1. The van der Waals surface area contributed by atoms with Crippen molar-refractivity contribution < 1.29 is 9.84 Å².